The summed E-state index contributed by atoms with van der Waals surface area (Å²) in [6.07, 6.45) is 4.73. The molecule has 1 aliphatic rings. The van der Waals surface area contributed by atoms with E-state index < -0.39 is 0 Å². The summed E-state index contributed by atoms with van der Waals surface area (Å²) in [7, 11) is 0. The number of carbonyl (C=O) groups excluding carboxylic acids is 2. The molecule has 7 nitrogen and oxygen atoms in total. The molecule has 0 saturated carbocycles. The summed E-state index contributed by atoms with van der Waals surface area (Å²) in [5.74, 6) is -0.0909. The maximum Gasteiger partial charge on any atom is 0.271 e. The van der Waals surface area contributed by atoms with Gasteiger partial charge in [0.2, 0.25) is 5.91 Å². The highest BCUT2D eigenvalue weighted by molar-refractivity contribution is 5.93. The normalized spacial score (nSPS) is 14.5. The van der Waals surface area contributed by atoms with Gasteiger partial charge >= 0.3 is 0 Å². The Hall–Kier alpha value is -3.48. The van der Waals surface area contributed by atoms with Crippen molar-refractivity contribution in [1.29, 1.82) is 0 Å². The van der Waals surface area contributed by atoms with Crippen LogP contribution in [0.1, 0.15) is 34.5 Å². The van der Waals surface area contributed by atoms with Crippen LogP contribution in [0.4, 0.5) is 0 Å². The Morgan fingerprint density at radius 1 is 1.17 bits per heavy atom. The van der Waals surface area contributed by atoms with E-state index in [1.54, 1.807) is 23.4 Å². The number of aromatic amines is 1. The monoisotopic (exact) mass is 403 g/mol. The van der Waals surface area contributed by atoms with Crippen LogP contribution in [0.5, 0.6) is 0 Å². The number of hydrogen-bond acceptors (Lipinski definition) is 4. The van der Waals surface area contributed by atoms with Gasteiger partial charge < -0.3 is 10.2 Å². The molecular formula is C23H25N5O2. The molecule has 1 aliphatic heterocycles. The van der Waals surface area contributed by atoms with Crippen LogP contribution in [0.3, 0.4) is 0 Å². The van der Waals surface area contributed by atoms with Crippen LogP contribution in [0.25, 0.3) is 11.3 Å². The lowest BCUT2D eigenvalue weighted by atomic mass is 9.95. The number of piperidine rings is 1. The van der Waals surface area contributed by atoms with Gasteiger partial charge in [0.05, 0.1) is 5.69 Å². The van der Waals surface area contributed by atoms with E-state index in [4.69, 9.17) is 0 Å². The predicted molar refractivity (Wildman–Crippen MR) is 113 cm³/mol. The molecule has 1 fully saturated rings. The number of carbonyl (C=O) groups is 2. The van der Waals surface area contributed by atoms with Crippen LogP contribution >= 0.6 is 0 Å². The van der Waals surface area contributed by atoms with Gasteiger partial charge in [-0.15, -0.1) is 0 Å². The van der Waals surface area contributed by atoms with E-state index >= 15 is 0 Å². The zero-order chi connectivity index (χ0) is 20.9. The first-order valence-corrected chi connectivity index (χ1v) is 10.2. The zero-order valence-electron chi connectivity index (χ0n) is 17.0. The van der Waals surface area contributed by atoms with Crippen molar-refractivity contribution in [3.05, 3.63) is 71.7 Å². The molecular weight excluding hydrogens is 378 g/mol. The first-order chi connectivity index (χ1) is 14.6. The Morgan fingerprint density at radius 2 is 2.00 bits per heavy atom. The third kappa shape index (κ3) is 4.56. The third-order valence-corrected chi connectivity index (χ3v) is 5.47. The molecule has 7 heteroatoms. The number of aryl methyl sites for hydroxylation is 1. The zero-order valence-corrected chi connectivity index (χ0v) is 17.0. The van der Waals surface area contributed by atoms with Crippen LogP contribution < -0.4 is 5.32 Å². The molecule has 0 spiro atoms. The van der Waals surface area contributed by atoms with Crippen molar-refractivity contribution >= 4 is 11.8 Å². The van der Waals surface area contributed by atoms with Gasteiger partial charge in [-0.25, -0.2) is 0 Å². The van der Waals surface area contributed by atoms with Crippen molar-refractivity contribution in [2.45, 2.75) is 26.3 Å². The number of amides is 2. The van der Waals surface area contributed by atoms with E-state index in [0.29, 0.717) is 43.9 Å². The van der Waals surface area contributed by atoms with Crippen molar-refractivity contribution in [3.8, 4) is 11.3 Å². The minimum absolute atomic E-state index is 0.0593. The molecule has 0 atom stereocenters. The van der Waals surface area contributed by atoms with E-state index in [1.807, 2.05) is 37.3 Å². The van der Waals surface area contributed by atoms with Gasteiger partial charge in [0, 0.05) is 43.5 Å². The fourth-order valence-electron chi connectivity index (χ4n) is 3.76. The Bertz CT molecular complexity index is 1020. The van der Waals surface area contributed by atoms with E-state index in [0.717, 1.165) is 11.1 Å². The summed E-state index contributed by atoms with van der Waals surface area (Å²) in [5, 5.41) is 10.1. The quantitative estimate of drug-likeness (QED) is 0.685. The number of nitrogens with zero attached hydrogens (tertiary/aromatic N) is 3. The number of rotatable bonds is 5. The van der Waals surface area contributed by atoms with Crippen LogP contribution in [0, 0.1) is 12.8 Å². The fraction of sp³-hybridized carbons (Fsp3) is 0.304. The van der Waals surface area contributed by atoms with E-state index in [1.165, 1.54) is 5.56 Å². The van der Waals surface area contributed by atoms with Gasteiger partial charge in [0.1, 0.15) is 5.69 Å². The Labute approximate surface area is 175 Å². The number of H-pyrrole nitrogens is 1. The molecule has 4 rings (SSSR count). The van der Waals surface area contributed by atoms with Gasteiger partial charge in [0.25, 0.3) is 5.91 Å². The smallest absolute Gasteiger partial charge is 0.271 e. The Balaban J connectivity index is 1.29. The molecule has 0 aliphatic carbocycles. The molecule has 3 heterocycles. The van der Waals surface area contributed by atoms with E-state index in [2.05, 4.69) is 26.6 Å². The summed E-state index contributed by atoms with van der Waals surface area (Å²) in [5.41, 5.74) is 4.28. The average molecular weight is 403 g/mol. The SMILES string of the molecule is Cc1cccc(CNC(=O)C2CCN(C(=O)c3cc(-c4cccnc4)n[nH]3)CC2)c1. The summed E-state index contributed by atoms with van der Waals surface area (Å²) in [6, 6.07) is 13.6. The lowest BCUT2D eigenvalue weighted by molar-refractivity contribution is -0.126. The van der Waals surface area contributed by atoms with E-state index in [9.17, 15) is 9.59 Å². The molecule has 3 aromatic rings. The molecule has 2 amide bonds. The maximum atomic E-state index is 12.8. The lowest BCUT2D eigenvalue weighted by Crippen LogP contribution is -2.43. The molecule has 2 N–H and O–H groups in total. The van der Waals surface area contributed by atoms with E-state index in [-0.39, 0.29) is 17.7 Å². The summed E-state index contributed by atoms with van der Waals surface area (Å²) < 4.78 is 0. The third-order valence-electron chi connectivity index (χ3n) is 5.47. The van der Waals surface area contributed by atoms with Crippen molar-refractivity contribution < 1.29 is 9.59 Å². The minimum Gasteiger partial charge on any atom is -0.352 e. The van der Waals surface area contributed by atoms with Gasteiger partial charge in [0.15, 0.2) is 0 Å². The first kappa shape index (κ1) is 19.8. The van der Waals surface area contributed by atoms with Crippen LogP contribution in [0.15, 0.2) is 54.9 Å². The number of hydrogen-bond donors (Lipinski definition) is 2. The standard InChI is InChI=1S/C23H25N5O2/c1-16-4-2-5-17(12-16)14-25-22(29)18-7-10-28(11-8-18)23(30)21-13-20(26-27-21)19-6-3-9-24-15-19/h2-6,9,12-13,15,18H,7-8,10-11,14H2,1H3,(H,25,29)(H,26,27). The summed E-state index contributed by atoms with van der Waals surface area (Å²) >= 11 is 0. The summed E-state index contributed by atoms with van der Waals surface area (Å²) in [6.45, 7) is 3.69. The highest BCUT2D eigenvalue weighted by Crippen LogP contribution is 2.21. The topological polar surface area (TPSA) is 91.0 Å². The first-order valence-electron chi connectivity index (χ1n) is 10.2. The van der Waals surface area contributed by atoms with Crippen molar-refractivity contribution in [2.24, 2.45) is 5.92 Å². The lowest BCUT2D eigenvalue weighted by Gasteiger charge is -2.31. The number of aromatic nitrogens is 3. The van der Waals surface area contributed by atoms with Crippen molar-refractivity contribution in [3.63, 3.8) is 0 Å². The van der Waals surface area contributed by atoms with Gasteiger partial charge in [-0.05, 0) is 43.5 Å². The Morgan fingerprint density at radius 3 is 2.73 bits per heavy atom. The molecule has 154 valence electrons. The number of nitrogens with one attached hydrogen (secondary N) is 2. The number of benzene rings is 1. The van der Waals surface area contributed by atoms with Gasteiger partial charge in [-0.2, -0.15) is 5.10 Å². The molecule has 0 bridgehead atoms. The number of pyridine rings is 1. The highest BCUT2D eigenvalue weighted by atomic mass is 16.2. The second-order valence-corrected chi connectivity index (χ2v) is 7.68. The second kappa shape index (κ2) is 8.90. The highest BCUT2D eigenvalue weighted by Gasteiger charge is 2.28. The summed E-state index contributed by atoms with van der Waals surface area (Å²) in [4.78, 5) is 31.2. The second-order valence-electron chi connectivity index (χ2n) is 7.68. The maximum absolute atomic E-state index is 12.8. The van der Waals surface area contributed by atoms with Crippen LogP contribution in [-0.4, -0.2) is 45.0 Å². The van der Waals surface area contributed by atoms with Gasteiger partial charge in [-0.1, -0.05) is 29.8 Å². The van der Waals surface area contributed by atoms with Gasteiger partial charge in [-0.3, -0.25) is 19.7 Å². The molecule has 1 aromatic carbocycles. The van der Waals surface area contributed by atoms with Crippen molar-refractivity contribution in [1.82, 2.24) is 25.4 Å². The Kier molecular flexibility index (Phi) is 5.88. The fourth-order valence-corrected chi connectivity index (χ4v) is 3.76. The average Bonchev–Trinajstić information content (AvgIpc) is 3.28. The molecule has 1 saturated heterocycles. The minimum atomic E-state index is -0.0868. The predicted octanol–water partition coefficient (Wildman–Crippen LogP) is 2.95. The molecule has 0 radical (unpaired) electrons. The largest absolute Gasteiger partial charge is 0.352 e. The number of likely N-dealkylation sites (tertiary alicyclic amines) is 1. The molecule has 0 unspecified atom stereocenters. The van der Waals surface area contributed by atoms with Crippen molar-refractivity contribution in [2.75, 3.05) is 13.1 Å². The molecule has 30 heavy (non-hydrogen) atoms. The molecule has 2 aromatic heterocycles. The van der Waals surface area contributed by atoms with Crippen LogP contribution in [-0.2, 0) is 11.3 Å². The van der Waals surface area contributed by atoms with Crippen LogP contribution in [0.2, 0.25) is 0 Å².